The molecule has 1 heterocycles. The first-order valence-corrected chi connectivity index (χ1v) is 7.10. The highest BCUT2D eigenvalue weighted by Crippen LogP contribution is 2.18. The van der Waals surface area contributed by atoms with Gasteiger partial charge in [0.25, 0.3) is 5.91 Å². The minimum absolute atomic E-state index is 0.0444. The van der Waals surface area contributed by atoms with E-state index in [9.17, 15) is 14.4 Å². The predicted octanol–water partition coefficient (Wildman–Crippen LogP) is 0.443. The van der Waals surface area contributed by atoms with Crippen molar-refractivity contribution in [3.05, 3.63) is 36.4 Å². The fraction of sp³-hybridized carbons (Fsp3) is 0.0769. The van der Waals surface area contributed by atoms with E-state index >= 15 is 0 Å². The molecule has 0 saturated heterocycles. The van der Waals surface area contributed by atoms with Gasteiger partial charge in [0.15, 0.2) is 5.16 Å². The van der Waals surface area contributed by atoms with Crippen LogP contribution in [-0.4, -0.2) is 38.6 Å². The molecule has 1 aromatic carbocycles. The molecule has 0 aliphatic carbocycles. The second kappa shape index (κ2) is 7.27. The average molecular weight is 320 g/mol. The predicted molar refractivity (Wildman–Crippen MR) is 79.9 cm³/mol. The fourth-order valence-corrected chi connectivity index (χ4v) is 2.17. The molecule has 8 nitrogen and oxygen atoms in total. The number of hydrazine groups is 1. The Hall–Kier alpha value is -2.81. The number of aliphatic carboxylic acids is 1. The van der Waals surface area contributed by atoms with Gasteiger partial charge in [0.05, 0.1) is 16.8 Å². The molecule has 9 heteroatoms. The van der Waals surface area contributed by atoms with Gasteiger partial charge in [-0.25, -0.2) is 9.78 Å². The SMILES string of the molecule is O=C(O)/C=C\C(=O)NNC(=O)CSc1nc2ccccc2[nH]1. The quantitative estimate of drug-likeness (QED) is 0.360. The monoisotopic (exact) mass is 320 g/mol. The van der Waals surface area contributed by atoms with Crippen LogP contribution in [0.15, 0.2) is 41.6 Å². The molecule has 0 bridgehead atoms. The number of amides is 2. The van der Waals surface area contributed by atoms with E-state index in [-0.39, 0.29) is 5.75 Å². The Balaban J connectivity index is 1.78. The number of H-pyrrole nitrogens is 1. The van der Waals surface area contributed by atoms with E-state index in [2.05, 4.69) is 20.8 Å². The second-order valence-corrected chi connectivity index (χ2v) is 5.02. The molecule has 0 spiro atoms. The van der Waals surface area contributed by atoms with Crippen LogP contribution in [0.2, 0.25) is 0 Å². The average Bonchev–Trinajstić information content (AvgIpc) is 2.91. The Bertz CT molecular complexity index is 707. The van der Waals surface area contributed by atoms with Gasteiger partial charge in [-0.3, -0.25) is 20.4 Å². The maximum absolute atomic E-state index is 11.5. The number of thioether (sulfide) groups is 1. The zero-order chi connectivity index (χ0) is 15.9. The van der Waals surface area contributed by atoms with Crippen LogP contribution < -0.4 is 10.9 Å². The van der Waals surface area contributed by atoms with Crippen molar-refractivity contribution in [3.8, 4) is 0 Å². The number of benzene rings is 1. The zero-order valence-electron chi connectivity index (χ0n) is 11.2. The van der Waals surface area contributed by atoms with Crippen LogP contribution in [0.5, 0.6) is 0 Å². The van der Waals surface area contributed by atoms with Gasteiger partial charge in [0.1, 0.15) is 0 Å². The van der Waals surface area contributed by atoms with Crippen LogP contribution in [0.25, 0.3) is 11.0 Å². The molecule has 2 aromatic rings. The number of nitrogens with zero attached hydrogens (tertiary/aromatic N) is 1. The first-order valence-electron chi connectivity index (χ1n) is 6.12. The van der Waals surface area contributed by atoms with Gasteiger partial charge in [-0.15, -0.1) is 0 Å². The Morgan fingerprint density at radius 3 is 2.73 bits per heavy atom. The fourth-order valence-electron chi connectivity index (χ4n) is 1.49. The summed E-state index contributed by atoms with van der Waals surface area (Å²) in [5.41, 5.74) is 5.91. The summed E-state index contributed by atoms with van der Waals surface area (Å²) in [6.45, 7) is 0. The molecule has 0 aliphatic rings. The van der Waals surface area contributed by atoms with Crippen LogP contribution in [0.4, 0.5) is 0 Å². The van der Waals surface area contributed by atoms with Crippen molar-refractivity contribution in [3.63, 3.8) is 0 Å². The number of hydrogen-bond donors (Lipinski definition) is 4. The summed E-state index contributed by atoms with van der Waals surface area (Å²) in [7, 11) is 0. The second-order valence-electron chi connectivity index (χ2n) is 4.06. The summed E-state index contributed by atoms with van der Waals surface area (Å²) >= 11 is 1.18. The third-order valence-electron chi connectivity index (χ3n) is 2.41. The van der Waals surface area contributed by atoms with E-state index in [4.69, 9.17) is 5.11 Å². The number of carboxylic acid groups (broad SMARTS) is 1. The zero-order valence-corrected chi connectivity index (χ0v) is 12.0. The lowest BCUT2D eigenvalue weighted by Gasteiger charge is -2.03. The standard InChI is InChI=1S/C13H12N4O4S/c18-10(5-6-12(20)21)16-17-11(19)7-22-13-14-8-3-1-2-4-9(8)15-13/h1-6H,7H2,(H,14,15)(H,16,18)(H,17,19)(H,20,21)/b6-5-. The number of carboxylic acids is 1. The summed E-state index contributed by atoms with van der Waals surface area (Å²) in [6.07, 6.45) is 1.47. The Labute approximate surface area is 129 Å². The van der Waals surface area contributed by atoms with Crippen molar-refractivity contribution in [2.45, 2.75) is 5.16 Å². The van der Waals surface area contributed by atoms with Gasteiger partial charge in [0, 0.05) is 12.2 Å². The van der Waals surface area contributed by atoms with E-state index in [1.165, 1.54) is 11.8 Å². The van der Waals surface area contributed by atoms with E-state index in [0.717, 1.165) is 17.1 Å². The minimum atomic E-state index is -1.25. The topological polar surface area (TPSA) is 124 Å². The van der Waals surface area contributed by atoms with Crippen molar-refractivity contribution in [1.29, 1.82) is 0 Å². The minimum Gasteiger partial charge on any atom is -0.478 e. The summed E-state index contributed by atoms with van der Waals surface area (Å²) in [5.74, 6) is -2.38. The lowest BCUT2D eigenvalue weighted by Crippen LogP contribution is -2.41. The van der Waals surface area contributed by atoms with E-state index < -0.39 is 17.8 Å². The third-order valence-corrected chi connectivity index (χ3v) is 3.28. The summed E-state index contributed by atoms with van der Waals surface area (Å²) < 4.78 is 0. The molecule has 4 N–H and O–H groups in total. The highest BCUT2D eigenvalue weighted by Gasteiger charge is 2.07. The molecule has 0 saturated carbocycles. The van der Waals surface area contributed by atoms with Crippen LogP contribution >= 0.6 is 11.8 Å². The Morgan fingerprint density at radius 1 is 1.23 bits per heavy atom. The molecular formula is C13H12N4O4S. The molecule has 0 atom stereocenters. The van der Waals surface area contributed by atoms with Gasteiger partial charge >= 0.3 is 5.97 Å². The molecule has 0 radical (unpaired) electrons. The van der Waals surface area contributed by atoms with Crippen LogP contribution in [-0.2, 0) is 14.4 Å². The molecule has 0 aliphatic heterocycles. The lowest BCUT2D eigenvalue weighted by molar-refractivity contribution is -0.131. The smallest absolute Gasteiger partial charge is 0.328 e. The van der Waals surface area contributed by atoms with Crippen molar-refractivity contribution < 1.29 is 19.5 Å². The van der Waals surface area contributed by atoms with Gasteiger partial charge in [-0.2, -0.15) is 0 Å². The van der Waals surface area contributed by atoms with Crippen LogP contribution in [0, 0.1) is 0 Å². The van der Waals surface area contributed by atoms with Gasteiger partial charge in [-0.05, 0) is 12.1 Å². The maximum Gasteiger partial charge on any atom is 0.328 e. The van der Waals surface area contributed by atoms with Crippen molar-refractivity contribution in [2.24, 2.45) is 0 Å². The number of para-hydroxylation sites is 2. The summed E-state index contributed by atoms with van der Waals surface area (Å²) in [6, 6.07) is 7.47. The van der Waals surface area contributed by atoms with Crippen LogP contribution in [0.1, 0.15) is 0 Å². The summed E-state index contributed by atoms with van der Waals surface area (Å²) in [5, 5.41) is 8.93. The number of nitrogens with one attached hydrogen (secondary N) is 3. The highest BCUT2D eigenvalue weighted by molar-refractivity contribution is 7.99. The van der Waals surface area contributed by atoms with Crippen LogP contribution in [0.3, 0.4) is 0 Å². The van der Waals surface area contributed by atoms with E-state index in [1.807, 2.05) is 24.3 Å². The molecule has 114 valence electrons. The molecule has 0 fully saturated rings. The molecule has 2 rings (SSSR count). The number of aromatic amines is 1. The van der Waals surface area contributed by atoms with Gasteiger partial charge < -0.3 is 10.1 Å². The Kier molecular flexibility index (Phi) is 5.15. The number of hydrogen-bond acceptors (Lipinski definition) is 5. The number of fused-ring (bicyclic) bond motifs is 1. The molecule has 22 heavy (non-hydrogen) atoms. The third kappa shape index (κ3) is 4.63. The van der Waals surface area contributed by atoms with E-state index in [0.29, 0.717) is 11.2 Å². The molecule has 0 unspecified atom stereocenters. The van der Waals surface area contributed by atoms with Crippen molar-refractivity contribution >= 4 is 40.6 Å². The number of carbonyl (C=O) groups excluding carboxylic acids is 2. The maximum atomic E-state index is 11.5. The molecule has 2 amide bonds. The molecule has 1 aromatic heterocycles. The lowest BCUT2D eigenvalue weighted by atomic mass is 10.3. The van der Waals surface area contributed by atoms with Crippen molar-refractivity contribution in [1.82, 2.24) is 20.8 Å². The summed E-state index contributed by atoms with van der Waals surface area (Å²) in [4.78, 5) is 40.2. The molecular weight excluding hydrogens is 308 g/mol. The van der Waals surface area contributed by atoms with Gasteiger partial charge in [0.2, 0.25) is 5.91 Å². The number of aromatic nitrogens is 2. The largest absolute Gasteiger partial charge is 0.478 e. The first-order chi connectivity index (χ1) is 10.5. The highest BCUT2D eigenvalue weighted by atomic mass is 32.2. The number of carbonyl (C=O) groups is 3. The number of imidazole rings is 1. The van der Waals surface area contributed by atoms with E-state index in [1.54, 1.807) is 0 Å². The number of rotatable bonds is 5. The van der Waals surface area contributed by atoms with Crippen molar-refractivity contribution in [2.75, 3.05) is 5.75 Å². The Morgan fingerprint density at radius 2 is 2.00 bits per heavy atom. The first kappa shape index (κ1) is 15.6. The normalized spacial score (nSPS) is 10.7. The van der Waals surface area contributed by atoms with Gasteiger partial charge in [-0.1, -0.05) is 23.9 Å².